The summed E-state index contributed by atoms with van der Waals surface area (Å²) in [5.41, 5.74) is 3.87. The van der Waals surface area contributed by atoms with Crippen molar-refractivity contribution in [2.45, 2.75) is 38.4 Å². The fourth-order valence-electron chi connectivity index (χ4n) is 2.83. The van der Waals surface area contributed by atoms with Crippen LogP contribution < -0.4 is 11.4 Å². The molecule has 0 spiro atoms. The van der Waals surface area contributed by atoms with Gasteiger partial charge in [-0.15, -0.1) is 0 Å². The number of halogens is 4. The Kier molecular flexibility index (Phi) is 4.56. The monoisotopic (exact) mass is 395 g/mol. The van der Waals surface area contributed by atoms with E-state index in [4.69, 9.17) is 26.8 Å². The van der Waals surface area contributed by atoms with Crippen molar-refractivity contribution < 1.29 is 27.4 Å². The van der Waals surface area contributed by atoms with Crippen molar-refractivity contribution >= 4 is 34.7 Å². The Labute approximate surface area is 148 Å². The van der Waals surface area contributed by atoms with Crippen LogP contribution in [0.2, 0.25) is 5.15 Å². The minimum absolute atomic E-state index is 0.134. The van der Waals surface area contributed by atoms with Gasteiger partial charge in [-0.3, -0.25) is 9.36 Å². The van der Waals surface area contributed by atoms with Gasteiger partial charge in [0.05, 0.1) is 6.61 Å². The summed E-state index contributed by atoms with van der Waals surface area (Å²) in [7, 11) is 0. The Hall–Kier alpha value is -2.34. The summed E-state index contributed by atoms with van der Waals surface area (Å²) in [6.07, 6.45) is -6.46. The van der Waals surface area contributed by atoms with E-state index in [0.717, 1.165) is 4.57 Å². The van der Waals surface area contributed by atoms with Crippen LogP contribution in [0.25, 0.3) is 11.2 Å². The number of nitrogens with two attached hydrogens (primary N) is 1. The lowest BCUT2D eigenvalue weighted by atomic mass is 10.2. The van der Waals surface area contributed by atoms with Gasteiger partial charge in [0.15, 0.2) is 17.0 Å². The van der Waals surface area contributed by atoms with E-state index in [1.807, 2.05) is 0 Å². The predicted molar refractivity (Wildman–Crippen MR) is 82.4 cm³/mol. The fraction of sp³-hybridized carbons (Fsp3) is 0.538. The van der Waals surface area contributed by atoms with E-state index in [9.17, 15) is 22.8 Å². The molecule has 1 aliphatic rings. The van der Waals surface area contributed by atoms with Crippen molar-refractivity contribution in [2.24, 2.45) is 0 Å². The SMILES string of the molecule is CC(=O)OC1CCOC1n1c(=O)n(CC(F)(F)F)c2c(Cl)nc(N)nc21. The third kappa shape index (κ3) is 3.33. The lowest BCUT2D eigenvalue weighted by molar-refractivity contribution is -0.151. The second kappa shape index (κ2) is 6.43. The number of anilines is 1. The van der Waals surface area contributed by atoms with Crippen LogP contribution in [-0.2, 0) is 20.8 Å². The Bertz CT molecular complexity index is 925. The number of ether oxygens (including phenoxy) is 2. The van der Waals surface area contributed by atoms with E-state index in [-0.39, 0.29) is 30.1 Å². The number of alkyl halides is 3. The van der Waals surface area contributed by atoms with Crippen molar-refractivity contribution in [3.05, 3.63) is 15.6 Å². The lowest BCUT2D eigenvalue weighted by Crippen LogP contribution is -2.35. The number of hydrogen-bond donors (Lipinski definition) is 1. The normalized spacial score (nSPS) is 20.7. The van der Waals surface area contributed by atoms with Crippen molar-refractivity contribution in [3.8, 4) is 0 Å². The number of esters is 1. The number of nitrogens with zero attached hydrogens (tertiary/aromatic N) is 4. The summed E-state index contributed by atoms with van der Waals surface area (Å²) in [6, 6.07) is 0. The molecule has 1 aliphatic heterocycles. The van der Waals surface area contributed by atoms with E-state index in [1.54, 1.807) is 0 Å². The lowest BCUT2D eigenvalue weighted by Gasteiger charge is -2.19. The number of hydrogen-bond acceptors (Lipinski definition) is 7. The van der Waals surface area contributed by atoms with E-state index in [2.05, 4.69) is 9.97 Å². The first-order valence-corrected chi connectivity index (χ1v) is 7.75. The molecule has 0 radical (unpaired) electrons. The summed E-state index contributed by atoms with van der Waals surface area (Å²) in [6.45, 7) is -0.301. The van der Waals surface area contributed by atoms with Crippen LogP contribution >= 0.6 is 11.6 Å². The molecule has 3 rings (SSSR count). The van der Waals surface area contributed by atoms with Crippen LogP contribution in [0, 0.1) is 0 Å². The molecule has 2 unspecified atom stereocenters. The van der Waals surface area contributed by atoms with Gasteiger partial charge in [-0.05, 0) is 0 Å². The maximum atomic E-state index is 12.9. The highest BCUT2D eigenvalue weighted by Crippen LogP contribution is 2.31. The predicted octanol–water partition coefficient (Wildman–Crippen LogP) is 1.24. The second-order valence-electron chi connectivity index (χ2n) is 5.60. The highest BCUT2D eigenvalue weighted by Gasteiger charge is 2.38. The summed E-state index contributed by atoms with van der Waals surface area (Å²) >= 11 is 5.91. The topological polar surface area (TPSA) is 114 Å². The number of carbonyl (C=O) groups is 1. The summed E-state index contributed by atoms with van der Waals surface area (Å²) in [5, 5.41) is -0.408. The van der Waals surface area contributed by atoms with Crippen LogP contribution in [0.4, 0.5) is 19.1 Å². The van der Waals surface area contributed by atoms with Gasteiger partial charge in [-0.25, -0.2) is 9.36 Å². The van der Waals surface area contributed by atoms with Gasteiger partial charge >= 0.3 is 17.8 Å². The van der Waals surface area contributed by atoms with Crippen LogP contribution in [-0.4, -0.2) is 44.0 Å². The van der Waals surface area contributed by atoms with Gasteiger partial charge in [0.25, 0.3) is 0 Å². The third-order valence-electron chi connectivity index (χ3n) is 3.69. The summed E-state index contributed by atoms with van der Waals surface area (Å²) < 4.78 is 50.5. The van der Waals surface area contributed by atoms with Gasteiger partial charge in [-0.1, -0.05) is 11.6 Å². The van der Waals surface area contributed by atoms with E-state index in [0.29, 0.717) is 4.57 Å². The molecular weight excluding hydrogens is 383 g/mol. The zero-order valence-corrected chi connectivity index (χ0v) is 14.0. The minimum Gasteiger partial charge on any atom is -0.458 e. The minimum atomic E-state index is -4.69. The van der Waals surface area contributed by atoms with Crippen molar-refractivity contribution in [2.75, 3.05) is 12.3 Å². The number of aromatic nitrogens is 4. The largest absolute Gasteiger partial charge is 0.458 e. The molecule has 1 saturated heterocycles. The van der Waals surface area contributed by atoms with Gasteiger partial charge in [-0.2, -0.15) is 23.1 Å². The molecule has 0 amide bonds. The Balaban J connectivity index is 2.24. The zero-order chi connectivity index (χ0) is 19.2. The molecule has 2 aromatic heterocycles. The molecule has 13 heteroatoms. The number of rotatable bonds is 3. The van der Waals surface area contributed by atoms with E-state index in [1.165, 1.54) is 6.92 Å². The molecule has 9 nitrogen and oxygen atoms in total. The van der Waals surface area contributed by atoms with Crippen molar-refractivity contribution in [1.82, 2.24) is 19.1 Å². The van der Waals surface area contributed by atoms with E-state index >= 15 is 0 Å². The maximum absolute atomic E-state index is 12.9. The smallest absolute Gasteiger partial charge is 0.406 e. The van der Waals surface area contributed by atoms with Crippen LogP contribution in [0.1, 0.15) is 19.6 Å². The van der Waals surface area contributed by atoms with Crippen molar-refractivity contribution in [1.29, 1.82) is 0 Å². The first-order chi connectivity index (χ1) is 12.1. The van der Waals surface area contributed by atoms with Crippen molar-refractivity contribution in [3.63, 3.8) is 0 Å². The standard InChI is InChI=1S/C13H13ClF3N5O4/c1-5(23)26-6-2-3-25-10(6)22-9-7(8(14)19-11(18)20-9)21(12(22)24)4-13(15,16)17/h6,10H,2-4H2,1H3,(H2,18,19,20). The van der Waals surface area contributed by atoms with Crippen LogP contribution in [0.15, 0.2) is 4.79 Å². The van der Waals surface area contributed by atoms with Crippen LogP contribution in [0.5, 0.6) is 0 Å². The maximum Gasteiger partial charge on any atom is 0.406 e. The summed E-state index contributed by atoms with van der Waals surface area (Å²) in [4.78, 5) is 31.4. The molecule has 2 N–H and O–H groups in total. The molecular formula is C13H13ClF3N5O4. The van der Waals surface area contributed by atoms with Gasteiger partial charge < -0.3 is 15.2 Å². The first-order valence-electron chi connectivity index (χ1n) is 7.38. The van der Waals surface area contributed by atoms with Gasteiger partial charge in [0.2, 0.25) is 5.95 Å². The number of nitrogen functional groups attached to an aromatic ring is 1. The molecule has 2 atom stereocenters. The number of fused-ring (bicyclic) bond motifs is 1. The average molecular weight is 396 g/mol. The highest BCUT2D eigenvalue weighted by molar-refractivity contribution is 6.33. The molecule has 142 valence electrons. The molecule has 0 saturated carbocycles. The van der Waals surface area contributed by atoms with Crippen LogP contribution in [0.3, 0.4) is 0 Å². The Morgan fingerprint density at radius 2 is 2.15 bits per heavy atom. The third-order valence-corrected chi connectivity index (χ3v) is 3.96. The average Bonchev–Trinajstić information content (AvgIpc) is 3.00. The molecule has 0 aliphatic carbocycles. The Morgan fingerprint density at radius 3 is 2.77 bits per heavy atom. The summed E-state index contributed by atoms with van der Waals surface area (Å²) in [5.74, 6) is -0.952. The number of imidazole rings is 1. The fourth-order valence-corrected chi connectivity index (χ4v) is 3.10. The molecule has 2 aromatic rings. The molecule has 26 heavy (non-hydrogen) atoms. The van der Waals surface area contributed by atoms with Gasteiger partial charge in [0.1, 0.15) is 18.2 Å². The second-order valence-corrected chi connectivity index (χ2v) is 5.95. The highest BCUT2D eigenvalue weighted by atomic mass is 35.5. The zero-order valence-electron chi connectivity index (χ0n) is 13.3. The Morgan fingerprint density at radius 1 is 1.46 bits per heavy atom. The number of carbonyl (C=O) groups excluding carboxylic acids is 1. The molecule has 1 fully saturated rings. The molecule has 3 heterocycles. The molecule has 0 aromatic carbocycles. The van der Waals surface area contributed by atoms with Gasteiger partial charge in [0, 0.05) is 13.3 Å². The molecule has 0 bridgehead atoms. The quantitative estimate of drug-likeness (QED) is 0.614. The first kappa shape index (κ1) is 18.5. The van der Waals surface area contributed by atoms with E-state index < -0.39 is 41.9 Å².